The van der Waals surface area contributed by atoms with E-state index in [1.807, 2.05) is 0 Å². The van der Waals surface area contributed by atoms with Gasteiger partial charge in [0.25, 0.3) is 5.91 Å². The lowest BCUT2D eigenvalue weighted by atomic mass is 9.98. The average molecular weight is 456 g/mol. The Bertz CT molecular complexity index is 1420. The number of hydrogen-bond donors (Lipinski definition) is 1. The molecule has 1 aliphatic rings. The summed E-state index contributed by atoms with van der Waals surface area (Å²) in [5, 5.41) is 5.64. The molecule has 5 rings (SSSR count). The monoisotopic (exact) mass is 456 g/mol. The normalized spacial score (nSPS) is 16.2. The van der Waals surface area contributed by atoms with E-state index in [9.17, 15) is 18.0 Å². The fraction of sp³-hybridized carbons (Fsp3) is 0.273. The number of rotatable bonds is 2. The number of fused-ring (bicyclic) bond motifs is 4. The third-order valence-electron chi connectivity index (χ3n) is 5.95. The third-order valence-corrected chi connectivity index (χ3v) is 5.95. The van der Waals surface area contributed by atoms with Gasteiger partial charge >= 0.3 is 6.18 Å². The van der Waals surface area contributed by atoms with E-state index in [0.717, 1.165) is 17.0 Å². The Balaban J connectivity index is 1.52. The Morgan fingerprint density at radius 2 is 2.03 bits per heavy atom. The molecular weight excluding hydrogens is 437 g/mol. The van der Waals surface area contributed by atoms with E-state index in [-0.39, 0.29) is 19.1 Å². The standard InChI is InChI=1S/C22H19F3N6O2/c1-30(17-10-33-9-12-6-18(22(23,24)25)27-7-14(12)17)21(32)11-3-4-16-13(5-11)19-15(20(26)29-16)8-28-31(19)2/h3-8,17H,9-10H2,1-2H3,(H2,26,29)/t17-/m1/s1. The molecule has 0 spiro atoms. The van der Waals surface area contributed by atoms with Crippen molar-refractivity contribution < 1.29 is 22.7 Å². The van der Waals surface area contributed by atoms with E-state index >= 15 is 0 Å². The maximum atomic E-state index is 13.4. The van der Waals surface area contributed by atoms with Crippen LogP contribution in [0.1, 0.15) is 33.2 Å². The molecule has 0 aliphatic carbocycles. The van der Waals surface area contributed by atoms with Gasteiger partial charge in [0.1, 0.15) is 11.5 Å². The van der Waals surface area contributed by atoms with Crippen molar-refractivity contribution in [2.45, 2.75) is 18.8 Å². The molecule has 2 N–H and O–H groups in total. The Morgan fingerprint density at radius 1 is 1.24 bits per heavy atom. The first kappa shape index (κ1) is 21.1. The van der Waals surface area contributed by atoms with Gasteiger partial charge in [-0.05, 0) is 29.8 Å². The fourth-order valence-corrected chi connectivity index (χ4v) is 4.21. The minimum Gasteiger partial charge on any atom is -0.383 e. The summed E-state index contributed by atoms with van der Waals surface area (Å²) in [4.78, 5) is 22.8. The number of ether oxygens (including phenoxy) is 1. The highest BCUT2D eigenvalue weighted by Gasteiger charge is 2.35. The van der Waals surface area contributed by atoms with Crippen LogP contribution in [0, 0.1) is 0 Å². The zero-order chi connectivity index (χ0) is 23.5. The van der Waals surface area contributed by atoms with Gasteiger partial charge < -0.3 is 15.4 Å². The van der Waals surface area contributed by atoms with Gasteiger partial charge in [0.15, 0.2) is 0 Å². The lowest BCUT2D eigenvalue weighted by molar-refractivity contribution is -0.141. The molecule has 33 heavy (non-hydrogen) atoms. The highest BCUT2D eigenvalue weighted by molar-refractivity contribution is 6.10. The summed E-state index contributed by atoms with van der Waals surface area (Å²) >= 11 is 0. The van der Waals surface area contributed by atoms with Crippen molar-refractivity contribution in [1.82, 2.24) is 24.6 Å². The van der Waals surface area contributed by atoms with Crippen LogP contribution in [0.4, 0.5) is 19.0 Å². The Labute approximate surface area is 185 Å². The van der Waals surface area contributed by atoms with Crippen molar-refractivity contribution >= 4 is 33.5 Å². The fourth-order valence-electron chi connectivity index (χ4n) is 4.21. The van der Waals surface area contributed by atoms with Gasteiger partial charge in [-0.2, -0.15) is 18.3 Å². The van der Waals surface area contributed by atoms with Crippen molar-refractivity contribution in [3.63, 3.8) is 0 Å². The molecule has 4 heterocycles. The number of pyridine rings is 2. The highest BCUT2D eigenvalue weighted by Crippen LogP contribution is 2.35. The lowest BCUT2D eigenvalue weighted by Crippen LogP contribution is -2.36. The van der Waals surface area contributed by atoms with E-state index in [4.69, 9.17) is 10.5 Å². The van der Waals surface area contributed by atoms with Crippen molar-refractivity contribution in [3.8, 4) is 0 Å². The average Bonchev–Trinajstić information content (AvgIpc) is 3.19. The number of carbonyl (C=O) groups is 1. The number of hydrogen-bond acceptors (Lipinski definition) is 6. The summed E-state index contributed by atoms with van der Waals surface area (Å²) in [6.07, 6.45) is -1.75. The van der Waals surface area contributed by atoms with Gasteiger partial charge in [0, 0.05) is 36.8 Å². The molecule has 170 valence electrons. The van der Waals surface area contributed by atoms with Gasteiger partial charge in [0.05, 0.1) is 41.9 Å². The molecule has 1 aromatic carbocycles. The highest BCUT2D eigenvalue weighted by atomic mass is 19.4. The van der Waals surface area contributed by atoms with E-state index in [2.05, 4.69) is 15.1 Å². The number of aryl methyl sites for hydroxylation is 1. The number of halogens is 3. The number of nitrogens with zero attached hydrogens (tertiary/aromatic N) is 5. The van der Waals surface area contributed by atoms with Crippen LogP contribution >= 0.6 is 0 Å². The van der Waals surface area contributed by atoms with Crippen molar-refractivity contribution in [2.24, 2.45) is 7.05 Å². The van der Waals surface area contributed by atoms with Crippen molar-refractivity contribution in [3.05, 3.63) is 59.0 Å². The van der Waals surface area contributed by atoms with Crippen molar-refractivity contribution in [1.29, 1.82) is 0 Å². The molecule has 3 aromatic heterocycles. The molecule has 1 aliphatic heterocycles. The Hall–Kier alpha value is -3.73. The first-order valence-corrected chi connectivity index (χ1v) is 10.1. The van der Waals surface area contributed by atoms with E-state index in [0.29, 0.717) is 33.4 Å². The number of nitrogens with two attached hydrogens (primary N) is 1. The van der Waals surface area contributed by atoms with E-state index in [1.165, 1.54) is 11.1 Å². The summed E-state index contributed by atoms with van der Waals surface area (Å²) in [5.74, 6) is 0.0360. The molecule has 0 bridgehead atoms. The van der Waals surface area contributed by atoms with Gasteiger partial charge in [-0.15, -0.1) is 0 Å². The first-order valence-electron chi connectivity index (χ1n) is 10.1. The Kier molecular flexibility index (Phi) is 4.74. The Morgan fingerprint density at radius 3 is 2.79 bits per heavy atom. The molecule has 0 unspecified atom stereocenters. The molecule has 0 fully saturated rings. The second kappa shape index (κ2) is 7.41. The number of amides is 1. The quantitative estimate of drug-likeness (QED) is 0.496. The zero-order valence-electron chi connectivity index (χ0n) is 17.7. The van der Waals surface area contributed by atoms with Crippen LogP contribution in [0.3, 0.4) is 0 Å². The second-order valence-electron chi connectivity index (χ2n) is 7.97. The summed E-state index contributed by atoms with van der Waals surface area (Å²) < 4.78 is 46.3. The molecule has 0 radical (unpaired) electrons. The van der Waals surface area contributed by atoms with Crippen LogP contribution in [0.5, 0.6) is 0 Å². The molecular formula is C22H19F3N6O2. The smallest absolute Gasteiger partial charge is 0.383 e. The predicted molar refractivity (Wildman–Crippen MR) is 114 cm³/mol. The zero-order valence-corrected chi connectivity index (χ0v) is 17.7. The molecule has 1 amide bonds. The molecule has 0 saturated heterocycles. The minimum atomic E-state index is -4.55. The second-order valence-corrected chi connectivity index (χ2v) is 7.97. The maximum Gasteiger partial charge on any atom is 0.433 e. The first-order chi connectivity index (χ1) is 15.6. The van der Waals surface area contributed by atoms with E-state index in [1.54, 1.807) is 43.2 Å². The number of anilines is 1. The summed E-state index contributed by atoms with van der Waals surface area (Å²) in [6, 6.07) is 5.48. The number of carbonyl (C=O) groups excluding carboxylic acids is 1. The van der Waals surface area contributed by atoms with Crippen LogP contribution in [-0.2, 0) is 24.6 Å². The number of aromatic nitrogens is 4. The van der Waals surface area contributed by atoms with Gasteiger partial charge in [-0.3, -0.25) is 14.5 Å². The number of likely N-dealkylation sites (N-methyl/N-ethyl adjacent to an activating group) is 1. The minimum absolute atomic E-state index is 0.0288. The molecule has 0 saturated carbocycles. The summed E-state index contributed by atoms with van der Waals surface area (Å²) in [6.45, 7) is 0.181. The third kappa shape index (κ3) is 3.44. The van der Waals surface area contributed by atoms with Crippen molar-refractivity contribution in [2.75, 3.05) is 19.4 Å². The van der Waals surface area contributed by atoms with Crippen LogP contribution in [0.25, 0.3) is 21.8 Å². The van der Waals surface area contributed by atoms with Crippen LogP contribution in [-0.4, -0.2) is 44.2 Å². The van der Waals surface area contributed by atoms with Crippen LogP contribution < -0.4 is 5.73 Å². The summed E-state index contributed by atoms with van der Waals surface area (Å²) in [7, 11) is 3.37. The van der Waals surface area contributed by atoms with E-state index < -0.39 is 17.9 Å². The van der Waals surface area contributed by atoms with Gasteiger partial charge in [-0.25, -0.2) is 4.98 Å². The SMILES string of the molecule is CN(C(=O)c1ccc2nc(N)c3cnn(C)c3c2c1)[C@@H]1COCc2cc(C(F)(F)F)ncc21. The number of nitrogen functional groups attached to an aromatic ring is 1. The predicted octanol–water partition coefficient (Wildman–Crippen LogP) is 3.46. The topological polar surface area (TPSA) is 99.2 Å². The number of alkyl halides is 3. The molecule has 4 aromatic rings. The molecule has 11 heteroatoms. The van der Waals surface area contributed by atoms with Crippen LogP contribution in [0.15, 0.2) is 36.7 Å². The summed E-state index contributed by atoms with van der Waals surface area (Å²) in [5.41, 5.74) is 7.72. The maximum absolute atomic E-state index is 13.4. The number of benzene rings is 1. The molecule has 8 nitrogen and oxygen atoms in total. The van der Waals surface area contributed by atoms with Crippen LogP contribution in [0.2, 0.25) is 0 Å². The molecule has 1 atom stereocenters. The lowest BCUT2D eigenvalue weighted by Gasteiger charge is -2.33. The van der Waals surface area contributed by atoms with Gasteiger partial charge in [0.2, 0.25) is 0 Å². The van der Waals surface area contributed by atoms with Gasteiger partial charge in [-0.1, -0.05) is 0 Å². The largest absolute Gasteiger partial charge is 0.433 e.